The predicted molar refractivity (Wildman–Crippen MR) is 158 cm³/mol. The van der Waals surface area contributed by atoms with E-state index in [9.17, 15) is 18.0 Å². The normalized spacial score (nSPS) is 11.9. The number of methoxy groups -OCH3 is 1. The van der Waals surface area contributed by atoms with Crippen LogP contribution in [0.15, 0.2) is 77.7 Å². The largest absolute Gasteiger partial charge is 0.495 e. The molecule has 0 spiro atoms. The summed E-state index contributed by atoms with van der Waals surface area (Å²) >= 11 is 6.27. The van der Waals surface area contributed by atoms with Gasteiger partial charge in [-0.3, -0.25) is 13.9 Å². The zero-order valence-electron chi connectivity index (χ0n) is 23.3. The van der Waals surface area contributed by atoms with Crippen LogP contribution in [0, 0.1) is 6.92 Å². The highest BCUT2D eigenvalue weighted by molar-refractivity contribution is 7.92. The van der Waals surface area contributed by atoms with Crippen molar-refractivity contribution in [2.75, 3.05) is 31.0 Å². The van der Waals surface area contributed by atoms with Crippen molar-refractivity contribution in [2.24, 2.45) is 0 Å². The van der Waals surface area contributed by atoms with Gasteiger partial charge < -0.3 is 15.0 Å². The Labute approximate surface area is 241 Å². The van der Waals surface area contributed by atoms with Crippen LogP contribution in [0.3, 0.4) is 0 Å². The monoisotopic (exact) mass is 585 g/mol. The third kappa shape index (κ3) is 7.76. The van der Waals surface area contributed by atoms with Crippen molar-refractivity contribution in [2.45, 2.75) is 44.6 Å². The first-order valence-electron chi connectivity index (χ1n) is 13.1. The number of anilines is 1. The van der Waals surface area contributed by atoms with Crippen LogP contribution in [-0.4, -0.2) is 57.9 Å². The van der Waals surface area contributed by atoms with Gasteiger partial charge in [0.2, 0.25) is 11.8 Å². The van der Waals surface area contributed by atoms with Crippen LogP contribution in [-0.2, 0) is 26.0 Å². The molecule has 0 fully saturated rings. The Morgan fingerprint density at radius 2 is 1.70 bits per heavy atom. The molecule has 40 heavy (non-hydrogen) atoms. The minimum atomic E-state index is -4.23. The molecule has 0 saturated heterocycles. The molecule has 10 heteroatoms. The summed E-state index contributed by atoms with van der Waals surface area (Å²) in [5.41, 5.74) is 2.00. The molecule has 0 saturated carbocycles. The van der Waals surface area contributed by atoms with Crippen molar-refractivity contribution in [1.29, 1.82) is 0 Å². The number of sulfonamides is 1. The van der Waals surface area contributed by atoms with Crippen molar-refractivity contribution in [3.63, 3.8) is 0 Å². The van der Waals surface area contributed by atoms with Gasteiger partial charge in [-0.2, -0.15) is 0 Å². The Hall–Kier alpha value is -3.56. The molecule has 0 heterocycles. The molecule has 0 bridgehead atoms. The molecule has 0 unspecified atom stereocenters. The van der Waals surface area contributed by atoms with Crippen molar-refractivity contribution in [1.82, 2.24) is 10.2 Å². The summed E-state index contributed by atoms with van der Waals surface area (Å²) in [5, 5.41) is 3.11. The molecule has 1 atom stereocenters. The van der Waals surface area contributed by atoms with E-state index >= 15 is 0 Å². The maximum atomic E-state index is 14.0. The van der Waals surface area contributed by atoms with Gasteiger partial charge in [-0.1, -0.05) is 66.6 Å². The second kappa shape index (κ2) is 14.2. The molecule has 3 aromatic rings. The lowest BCUT2D eigenvalue weighted by Gasteiger charge is -2.32. The van der Waals surface area contributed by atoms with Crippen LogP contribution in [0.25, 0.3) is 0 Å². The third-order valence-electron chi connectivity index (χ3n) is 6.50. The number of nitrogens with zero attached hydrogens (tertiary/aromatic N) is 2. The van der Waals surface area contributed by atoms with Gasteiger partial charge in [0.1, 0.15) is 18.3 Å². The van der Waals surface area contributed by atoms with E-state index in [1.165, 1.54) is 30.2 Å². The van der Waals surface area contributed by atoms with Crippen molar-refractivity contribution in [3.05, 3.63) is 88.9 Å². The van der Waals surface area contributed by atoms with Gasteiger partial charge in [-0.15, -0.1) is 0 Å². The third-order valence-corrected chi connectivity index (χ3v) is 8.51. The summed E-state index contributed by atoms with van der Waals surface area (Å²) < 4.78 is 34.4. The van der Waals surface area contributed by atoms with Crippen LogP contribution < -0.4 is 14.4 Å². The molecule has 0 radical (unpaired) electrons. The maximum Gasteiger partial charge on any atom is 0.264 e. The van der Waals surface area contributed by atoms with Crippen molar-refractivity contribution >= 4 is 39.1 Å². The fourth-order valence-electron chi connectivity index (χ4n) is 4.17. The maximum absolute atomic E-state index is 14.0. The summed E-state index contributed by atoms with van der Waals surface area (Å²) in [7, 11) is -2.82. The molecule has 214 valence electrons. The summed E-state index contributed by atoms with van der Waals surface area (Å²) in [4.78, 5) is 28.3. The molecule has 8 nitrogen and oxygen atoms in total. The molecule has 1 N–H and O–H groups in total. The number of nitrogens with one attached hydrogen (secondary N) is 1. The van der Waals surface area contributed by atoms with Crippen LogP contribution in [0.1, 0.15) is 31.4 Å². The average molecular weight is 586 g/mol. The zero-order valence-corrected chi connectivity index (χ0v) is 24.8. The van der Waals surface area contributed by atoms with Gasteiger partial charge in [-0.25, -0.2) is 8.42 Å². The molecule has 0 aliphatic heterocycles. The molecule has 2 amide bonds. The van der Waals surface area contributed by atoms with Gasteiger partial charge in [0.25, 0.3) is 10.0 Å². The minimum Gasteiger partial charge on any atom is -0.495 e. The van der Waals surface area contributed by atoms with Crippen LogP contribution in [0.2, 0.25) is 5.02 Å². The number of ether oxygens (including phenoxy) is 1. The second-order valence-electron chi connectivity index (χ2n) is 9.43. The van der Waals surface area contributed by atoms with Gasteiger partial charge in [0.05, 0.1) is 17.7 Å². The summed E-state index contributed by atoms with van der Waals surface area (Å²) in [6.45, 7) is 5.56. The number of aryl methyl sites for hydroxylation is 1. The summed E-state index contributed by atoms with van der Waals surface area (Å²) in [5.74, 6) is -0.609. The Balaban J connectivity index is 2.04. The first-order valence-corrected chi connectivity index (χ1v) is 14.9. The average Bonchev–Trinajstić information content (AvgIpc) is 2.95. The Kier molecular flexibility index (Phi) is 11.0. The lowest BCUT2D eigenvalue weighted by molar-refractivity contribution is -0.138. The van der Waals surface area contributed by atoms with E-state index in [1.54, 1.807) is 31.2 Å². The molecular weight excluding hydrogens is 550 g/mol. The van der Waals surface area contributed by atoms with Gasteiger partial charge in [-0.05, 0) is 62.6 Å². The Morgan fingerprint density at radius 1 is 1.02 bits per heavy atom. The Bertz CT molecular complexity index is 1400. The summed E-state index contributed by atoms with van der Waals surface area (Å²) in [6.07, 6.45) is 1.23. The summed E-state index contributed by atoms with van der Waals surface area (Å²) in [6, 6.07) is 19.7. The van der Waals surface area contributed by atoms with E-state index in [1.807, 2.05) is 44.2 Å². The molecule has 3 aromatic carbocycles. The predicted octanol–water partition coefficient (Wildman–Crippen LogP) is 4.84. The molecule has 3 rings (SSSR count). The first-order chi connectivity index (χ1) is 19.1. The highest BCUT2D eigenvalue weighted by Gasteiger charge is 2.33. The number of carbonyl (C=O) groups excluding carboxylic acids is 2. The van der Waals surface area contributed by atoms with E-state index in [0.717, 1.165) is 21.9 Å². The topological polar surface area (TPSA) is 96.0 Å². The van der Waals surface area contributed by atoms with E-state index in [0.29, 0.717) is 13.0 Å². The van der Waals surface area contributed by atoms with Crippen LogP contribution >= 0.6 is 11.6 Å². The quantitative estimate of drug-likeness (QED) is 0.310. The number of benzene rings is 3. The lowest BCUT2D eigenvalue weighted by Crippen LogP contribution is -2.52. The number of amides is 2. The molecular formula is C30H36ClN3O5S. The fraction of sp³-hybridized carbons (Fsp3) is 0.333. The first kappa shape index (κ1) is 31.0. The van der Waals surface area contributed by atoms with E-state index in [-0.39, 0.29) is 33.8 Å². The van der Waals surface area contributed by atoms with Crippen molar-refractivity contribution < 1.29 is 22.7 Å². The number of hydrogen-bond donors (Lipinski definition) is 1. The van der Waals surface area contributed by atoms with Crippen molar-refractivity contribution in [3.8, 4) is 5.75 Å². The molecule has 0 aromatic heterocycles. The highest BCUT2D eigenvalue weighted by Crippen LogP contribution is 2.35. The molecule has 0 aliphatic carbocycles. The van der Waals surface area contributed by atoms with Crippen LogP contribution in [0.5, 0.6) is 5.75 Å². The second-order valence-corrected chi connectivity index (χ2v) is 11.7. The molecule has 0 aliphatic rings. The van der Waals surface area contributed by atoms with Gasteiger partial charge in [0, 0.05) is 18.1 Å². The van der Waals surface area contributed by atoms with Gasteiger partial charge >= 0.3 is 0 Å². The number of rotatable bonds is 13. The van der Waals surface area contributed by atoms with Gasteiger partial charge in [0.15, 0.2) is 0 Å². The smallest absolute Gasteiger partial charge is 0.264 e. The zero-order chi connectivity index (χ0) is 29.3. The van der Waals surface area contributed by atoms with Crippen LogP contribution in [0.4, 0.5) is 5.69 Å². The Morgan fingerprint density at radius 3 is 2.33 bits per heavy atom. The number of halogens is 1. The highest BCUT2D eigenvalue weighted by atomic mass is 35.5. The van der Waals surface area contributed by atoms with E-state index < -0.39 is 28.5 Å². The fourth-order valence-corrected chi connectivity index (χ4v) is 5.76. The lowest BCUT2D eigenvalue weighted by atomic mass is 10.1. The minimum absolute atomic E-state index is 0.0116. The SMILES string of the molecule is CCCNC(=O)[C@H](C)N(CCc1ccccc1)C(=O)CN(c1cc(Cl)ccc1OC)S(=O)(=O)c1ccc(C)cc1. The van der Waals surface area contributed by atoms with E-state index in [4.69, 9.17) is 16.3 Å². The van der Waals surface area contributed by atoms with E-state index in [2.05, 4.69) is 5.32 Å². The number of hydrogen-bond acceptors (Lipinski definition) is 5. The number of carbonyl (C=O) groups is 2. The standard InChI is InChI=1S/C30H36ClN3O5S/c1-5-18-32-30(36)23(3)33(19-17-24-9-7-6-8-10-24)29(35)21-34(27-20-25(31)13-16-28(27)39-4)40(37,38)26-14-11-22(2)12-15-26/h6-16,20,23H,5,17-19,21H2,1-4H3,(H,32,36)/t23-/m0/s1.